The summed E-state index contributed by atoms with van der Waals surface area (Å²) in [5, 5.41) is 12.9. The van der Waals surface area contributed by atoms with Crippen LogP contribution in [0.1, 0.15) is 25.0 Å². The zero-order chi connectivity index (χ0) is 14.3. The topological polar surface area (TPSA) is 78.6 Å². The molecule has 1 unspecified atom stereocenters. The van der Waals surface area contributed by atoms with Crippen LogP contribution in [0.4, 0.5) is 5.69 Å². The van der Waals surface area contributed by atoms with Gasteiger partial charge in [0, 0.05) is 18.8 Å². The highest BCUT2D eigenvalue weighted by molar-refractivity contribution is 5.77. The van der Waals surface area contributed by atoms with Gasteiger partial charge in [0.2, 0.25) is 5.91 Å². The molecule has 0 saturated carbocycles. The van der Waals surface area contributed by atoms with Gasteiger partial charge in [-0.2, -0.15) is 0 Å². The van der Waals surface area contributed by atoms with Gasteiger partial charge in [-0.3, -0.25) is 9.69 Å². The first-order valence-electron chi connectivity index (χ1n) is 6.51. The van der Waals surface area contributed by atoms with Gasteiger partial charge in [0.15, 0.2) is 0 Å². The number of hydrogen-bond acceptors (Lipinski definition) is 4. The van der Waals surface area contributed by atoms with Gasteiger partial charge in [-0.25, -0.2) is 0 Å². The highest BCUT2D eigenvalue weighted by atomic mass is 16.3. The predicted molar refractivity (Wildman–Crippen MR) is 76.6 cm³/mol. The Balaban J connectivity index is 2.43. The molecule has 0 bridgehead atoms. The summed E-state index contributed by atoms with van der Waals surface area (Å²) < 4.78 is 0. The third kappa shape index (κ3) is 5.72. The standard InChI is InChI=1S/C14H23N3O2/c1-3-7-16-14(19)10-17(2)9-13(18)11-5-4-6-12(15)8-11/h4-6,8,13,18H,3,7,9-10,15H2,1-2H3,(H,16,19). The van der Waals surface area contributed by atoms with Gasteiger partial charge in [-0.05, 0) is 31.2 Å². The van der Waals surface area contributed by atoms with E-state index in [9.17, 15) is 9.90 Å². The molecule has 1 amide bonds. The smallest absolute Gasteiger partial charge is 0.234 e. The van der Waals surface area contributed by atoms with E-state index in [4.69, 9.17) is 5.73 Å². The van der Waals surface area contributed by atoms with Crippen molar-refractivity contribution in [3.05, 3.63) is 29.8 Å². The van der Waals surface area contributed by atoms with Gasteiger partial charge < -0.3 is 16.2 Å². The Hall–Kier alpha value is -1.59. The summed E-state index contributed by atoms with van der Waals surface area (Å²) in [6, 6.07) is 7.15. The molecule has 19 heavy (non-hydrogen) atoms. The number of rotatable bonds is 7. The van der Waals surface area contributed by atoms with Crippen molar-refractivity contribution in [2.75, 3.05) is 32.4 Å². The monoisotopic (exact) mass is 265 g/mol. The van der Waals surface area contributed by atoms with Crippen molar-refractivity contribution < 1.29 is 9.90 Å². The molecule has 0 aromatic heterocycles. The van der Waals surface area contributed by atoms with Crippen LogP contribution in [-0.4, -0.2) is 42.6 Å². The van der Waals surface area contributed by atoms with E-state index in [1.54, 1.807) is 24.1 Å². The van der Waals surface area contributed by atoms with E-state index < -0.39 is 6.10 Å². The number of hydrogen-bond donors (Lipinski definition) is 3. The zero-order valence-electron chi connectivity index (χ0n) is 11.6. The van der Waals surface area contributed by atoms with Gasteiger partial charge in [0.05, 0.1) is 12.6 Å². The van der Waals surface area contributed by atoms with Crippen LogP contribution >= 0.6 is 0 Å². The SMILES string of the molecule is CCCNC(=O)CN(C)CC(O)c1cccc(N)c1. The summed E-state index contributed by atoms with van der Waals surface area (Å²) in [4.78, 5) is 13.3. The Kier molecular flexibility index (Phi) is 6.32. The van der Waals surface area contributed by atoms with Crippen molar-refractivity contribution in [1.29, 1.82) is 0 Å². The maximum atomic E-state index is 11.5. The van der Waals surface area contributed by atoms with Gasteiger partial charge >= 0.3 is 0 Å². The number of benzene rings is 1. The molecule has 5 heteroatoms. The minimum Gasteiger partial charge on any atom is -0.399 e. The van der Waals surface area contributed by atoms with Crippen molar-refractivity contribution in [2.45, 2.75) is 19.4 Å². The highest BCUT2D eigenvalue weighted by Crippen LogP contribution is 2.16. The van der Waals surface area contributed by atoms with Crippen LogP contribution in [0.3, 0.4) is 0 Å². The maximum absolute atomic E-state index is 11.5. The average molecular weight is 265 g/mol. The van der Waals surface area contributed by atoms with Crippen LogP contribution in [0.2, 0.25) is 0 Å². The lowest BCUT2D eigenvalue weighted by molar-refractivity contribution is -0.122. The summed E-state index contributed by atoms with van der Waals surface area (Å²) in [7, 11) is 1.81. The number of carbonyl (C=O) groups is 1. The number of nitrogen functional groups attached to an aromatic ring is 1. The second-order valence-electron chi connectivity index (χ2n) is 4.73. The number of anilines is 1. The summed E-state index contributed by atoms with van der Waals surface area (Å²) in [6.07, 6.45) is 0.272. The number of nitrogens with zero attached hydrogens (tertiary/aromatic N) is 1. The van der Waals surface area contributed by atoms with Crippen LogP contribution < -0.4 is 11.1 Å². The summed E-state index contributed by atoms with van der Waals surface area (Å²) in [5.41, 5.74) is 7.06. The van der Waals surface area contributed by atoms with Crippen LogP contribution in [0.25, 0.3) is 0 Å². The number of aliphatic hydroxyl groups is 1. The van der Waals surface area contributed by atoms with Crippen molar-refractivity contribution in [3.63, 3.8) is 0 Å². The molecule has 0 aliphatic carbocycles. The quantitative estimate of drug-likeness (QED) is 0.636. The number of nitrogens with one attached hydrogen (secondary N) is 1. The highest BCUT2D eigenvalue weighted by Gasteiger charge is 2.13. The summed E-state index contributed by atoms with van der Waals surface area (Å²) in [5.74, 6) is -0.0240. The Labute approximate surface area is 114 Å². The maximum Gasteiger partial charge on any atom is 0.234 e. The van der Waals surface area contributed by atoms with E-state index in [1.807, 2.05) is 19.1 Å². The van der Waals surface area contributed by atoms with Crippen LogP contribution in [0.15, 0.2) is 24.3 Å². The molecular weight excluding hydrogens is 242 g/mol. The zero-order valence-corrected chi connectivity index (χ0v) is 11.6. The van der Waals surface area contributed by atoms with Crippen LogP contribution in [0, 0.1) is 0 Å². The molecule has 0 heterocycles. The van der Waals surface area contributed by atoms with Gasteiger partial charge in [-0.1, -0.05) is 19.1 Å². The van der Waals surface area contributed by atoms with Crippen molar-refractivity contribution >= 4 is 11.6 Å². The Morgan fingerprint density at radius 2 is 2.26 bits per heavy atom. The Bertz CT molecular complexity index is 409. The van der Waals surface area contributed by atoms with Crippen LogP contribution in [0.5, 0.6) is 0 Å². The number of likely N-dealkylation sites (N-methyl/N-ethyl adjacent to an activating group) is 1. The fourth-order valence-electron chi connectivity index (χ4n) is 1.80. The lowest BCUT2D eigenvalue weighted by Gasteiger charge is -2.20. The third-order valence-corrected chi connectivity index (χ3v) is 2.77. The molecule has 1 aromatic carbocycles. The van der Waals surface area contributed by atoms with E-state index in [1.165, 1.54) is 0 Å². The minimum absolute atomic E-state index is 0.0240. The number of carbonyl (C=O) groups excluding carboxylic acids is 1. The van der Waals surface area contributed by atoms with Gasteiger partial charge in [0.1, 0.15) is 0 Å². The van der Waals surface area contributed by atoms with E-state index in [0.29, 0.717) is 18.8 Å². The molecular formula is C14H23N3O2. The van der Waals surface area contributed by atoms with E-state index in [-0.39, 0.29) is 12.5 Å². The fourth-order valence-corrected chi connectivity index (χ4v) is 1.80. The van der Waals surface area contributed by atoms with Crippen molar-refractivity contribution in [3.8, 4) is 0 Å². The van der Waals surface area contributed by atoms with E-state index in [0.717, 1.165) is 12.0 Å². The predicted octanol–water partition coefficient (Wildman–Crippen LogP) is 0.760. The molecule has 0 radical (unpaired) electrons. The molecule has 5 nitrogen and oxygen atoms in total. The molecule has 1 aromatic rings. The summed E-state index contributed by atoms with van der Waals surface area (Å²) >= 11 is 0. The van der Waals surface area contributed by atoms with Crippen molar-refractivity contribution in [1.82, 2.24) is 10.2 Å². The lowest BCUT2D eigenvalue weighted by atomic mass is 10.1. The Morgan fingerprint density at radius 3 is 2.89 bits per heavy atom. The van der Waals surface area contributed by atoms with Crippen molar-refractivity contribution in [2.24, 2.45) is 0 Å². The first-order chi connectivity index (χ1) is 9.02. The minimum atomic E-state index is -0.646. The average Bonchev–Trinajstić information content (AvgIpc) is 2.36. The fraction of sp³-hybridized carbons (Fsp3) is 0.500. The van der Waals surface area contributed by atoms with Crippen LogP contribution in [-0.2, 0) is 4.79 Å². The second-order valence-corrected chi connectivity index (χ2v) is 4.73. The Morgan fingerprint density at radius 1 is 1.53 bits per heavy atom. The number of aliphatic hydroxyl groups excluding tert-OH is 1. The number of nitrogens with two attached hydrogens (primary N) is 1. The van der Waals surface area contributed by atoms with Gasteiger partial charge in [-0.15, -0.1) is 0 Å². The molecule has 106 valence electrons. The molecule has 0 saturated heterocycles. The van der Waals surface area contributed by atoms with Gasteiger partial charge in [0.25, 0.3) is 0 Å². The molecule has 0 spiro atoms. The second kappa shape index (κ2) is 7.76. The normalized spacial score (nSPS) is 12.4. The first-order valence-corrected chi connectivity index (χ1v) is 6.51. The molecule has 1 atom stereocenters. The number of amides is 1. The largest absolute Gasteiger partial charge is 0.399 e. The third-order valence-electron chi connectivity index (χ3n) is 2.77. The molecule has 0 aliphatic rings. The molecule has 4 N–H and O–H groups in total. The molecule has 0 aliphatic heterocycles. The lowest BCUT2D eigenvalue weighted by Crippen LogP contribution is -2.37. The van der Waals surface area contributed by atoms with E-state index in [2.05, 4.69) is 5.32 Å². The molecule has 0 fully saturated rings. The summed E-state index contributed by atoms with van der Waals surface area (Å²) in [6.45, 7) is 3.36. The molecule has 1 rings (SSSR count). The van der Waals surface area contributed by atoms with E-state index >= 15 is 0 Å². The first kappa shape index (κ1) is 15.5.